The summed E-state index contributed by atoms with van der Waals surface area (Å²) < 4.78 is 27.5. The molecule has 2 aliphatic heterocycles. The fourth-order valence-corrected chi connectivity index (χ4v) is 5.78. The number of aryl methyl sites for hydroxylation is 1. The standard InChI is InChI=1S/C23H29N3O3S/c1-18-9-10-21(30(28,29)26-12-5-2-6-13-26)15-22(18)24-23(27)17-25-14-11-19-7-3-4-8-20(19)16-25/h3-4,7-10,15H,2,5-6,11-14,16-17H2,1H3,(H,24,27). The third kappa shape index (κ3) is 4.58. The molecule has 0 saturated carbocycles. The van der Waals surface area contributed by atoms with E-state index in [2.05, 4.69) is 28.4 Å². The van der Waals surface area contributed by atoms with E-state index >= 15 is 0 Å². The van der Waals surface area contributed by atoms with E-state index in [0.717, 1.165) is 44.3 Å². The van der Waals surface area contributed by atoms with Gasteiger partial charge in [-0.15, -0.1) is 0 Å². The van der Waals surface area contributed by atoms with Crippen molar-refractivity contribution in [2.45, 2.75) is 44.0 Å². The summed E-state index contributed by atoms with van der Waals surface area (Å²) in [5.74, 6) is -0.120. The fourth-order valence-electron chi connectivity index (χ4n) is 4.23. The molecule has 6 nitrogen and oxygen atoms in total. The number of benzene rings is 2. The van der Waals surface area contributed by atoms with Gasteiger partial charge in [0.1, 0.15) is 0 Å². The Morgan fingerprint density at radius 1 is 1.00 bits per heavy atom. The van der Waals surface area contributed by atoms with Gasteiger partial charge in [-0.05, 0) is 55.0 Å². The van der Waals surface area contributed by atoms with E-state index < -0.39 is 10.0 Å². The molecule has 1 saturated heterocycles. The maximum Gasteiger partial charge on any atom is 0.243 e. The van der Waals surface area contributed by atoms with Crippen molar-refractivity contribution in [2.24, 2.45) is 0 Å². The second kappa shape index (κ2) is 8.88. The molecule has 0 unspecified atom stereocenters. The molecule has 2 heterocycles. The van der Waals surface area contributed by atoms with E-state index in [-0.39, 0.29) is 17.3 Å². The van der Waals surface area contributed by atoms with Gasteiger partial charge in [0.25, 0.3) is 0 Å². The molecule has 0 spiro atoms. The zero-order valence-electron chi connectivity index (χ0n) is 17.4. The first-order chi connectivity index (χ1) is 14.4. The van der Waals surface area contributed by atoms with Crippen molar-refractivity contribution in [2.75, 3.05) is 31.5 Å². The van der Waals surface area contributed by atoms with Crippen LogP contribution in [0.2, 0.25) is 0 Å². The zero-order valence-corrected chi connectivity index (χ0v) is 18.2. The summed E-state index contributed by atoms with van der Waals surface area (Å²) in [5.41, 5.74) is 4.03. The lowest BCUT2D eigenvalue weighted by Gasteiger charge is -2.28. The number of nitrogens with one attached hydrogen (secondary N) is 1. The molecular weight excluding hydrogens is 398 g/mol. The molecule has 1 amide bonds. The van der Waals surface area contributed by atoms with Crippen LogP contribution in [-0.4, -0.2) is 49.7 Å². The number of hydrogen-bond donors (Lipinski definition) is 1. The van der Waals surface area contributed by atoms with Crippen LogP contribution >= 0.6 is 0 Å². The molecule has 0 aromatic heterocycles. The van der Waals surface area contributed by atoms with Gasteiger partial charge in [-0.1, -0.05) is 36.8 Å². The van der Waals surface area contributed by atoms with Crippen molar-refractivity contribution in [1.29, 1.82) is 0 Å². The van der Waals surface area contributed by atoms with Gasteiger partial charge in [0.15, 0.2) is 0 Å². The summed E-state index contributed by atoms with van der Waals surface area (Å²) in [6.07, 6.45) is 3.80. The molecule has 2 aromatic carbocycles. The van der Waals surface area contributed by atoms with Gasteiger partial charge < -0.3 is 5.32 Å². The Balaban J connectivity index is 1.44. The summed E-state index contributed by atoms with van der Waals surface area (Å²) in [4.78, 5) is 15.1. The highest BCUT2D eigenvalue weighted by Crippen LogP contribution is 2.25. The topological polar surface area (TPSA) is 69.7 Å². The lowest BCUT2D eigenvalue weighted by Crippen LogP contribution is -2.37. The Kier molecular flexibility index (Phi) is 6.22. The van der Waals surface area contributed by atoms with Crippen molar-refractivity contribution in [3.8, 4) is 0 Å². The quantitative estimate of drug-likeness (QED) is 0.796. The second-order valence-corrected chi connectivity index (χ2v) is 10.2. The number of nitrogens with zero attached hydrogens (tertiary/aromatic N) is 2. The van der Waals surface area contributed by atoms with Gasteiger partial charge in [-0.25, -0.2) is 8.42 Å². The Morgan fingerprint density at radius 2 is 1.73 bits per heavy atom. The Labute approximate surface area is 178 Å². The van der Waals surface area contributed by atoms with E-state index in [1.54, 1.807) is 22.5 Å². The second-order valence-electron chi connectivity index (χ2n) is 8.22. The number of carbonyl (C=O) groups excluding carboxylic acids is 1. The molecule has 0 atom stereocenters. The first-order valence-corrected chi connectivity index (χ1v) is 12.1. The maximum absolute atomic E-state index is 13.0. The van der Waals surface area contributed by atoms with Gasteiger partial charge >= 0.3 is 0 Å². The summed E-state index contributed by atoms with van der Waals surface area (Å²) >= 11 is 0. The summed E-state index contributed by atoms with van der Waals surface area (Å²) in [6, 6.07) is 13.3. The van der Waals surface area contributed by atoms with E-state index in [4.69, 9.17) is 0 Å². The first kappa shape index (κ1) is 21.0. The number of carbonyl (C=O) groups is 1. The number of fused-ring (bicyclic) bond motifs is 1. The van der Waals surface area contributed by atoms with E-state index in [9.17, 15) is 13.2 Å². The van der Waals surface area contributed by atoms with E-state index in [1.807, 2.05) is 13.0 Å². The molecule has 0 radical (unpaired) electrons. The minimum Gasteiger partial charge on any atom is -0.325 e. The SMILES string of the molecule is Cc1ccc(S(=O)(=O)N2CCCCC2)cc1NC(=O)CN1CCc2ccccc2C1. The molecule has 4 rings (SSSR count). The van der Waals surface area contributed by atoms with Crippen LogP contribution in [0.1, 0.15) is 36.0 Å². The highest BCUT2D eigenvalue weighted by atomic mass is 32.2. The third-order valence-corrected chi connectivity index (χ3v) is 7.91. The number of piperidine rings is 1. The largest absolute Gasteiger partial charge is 0.325 e. The van der Waals surface area contributed by atoms with Crippen LogP contribution in [0.3, 0.4) is 0 Å². The monoisotopic (exact) mass is 427 g/mol. The average molecular weight is 428 g/mol. The van der Waals surface area contributed by atoms with Gasteiger partial charge in [0.05, 0.1) is 11.4 Å². The first-order valence-electron chi connectivity index (χ1n) is 10.6. The molecule has 30 heavy (non-hydrogen) atoms. The zero-order chi connectivity index (χ0) is 21.1. The van der Waals surface area contributed by atoms with Crippen molar-refractivity contribution in [3.05, 3.63) is 59.2 Å². The van der Waals surface area contributed by atoms with Crippen LogP contribution in [0.4, 0.5) is 5.69 Å². The minimum absolute atomic E-state index is 0.120. The van der Waals surface area contributed by atoms with Crippen LogP contribution in [0.15, 0.2) is 47.4 Å². The highest BCUT2D eigenvalue weighted by Gasteiger charge is 2.26. The predicted octanol–water partition coefficient (Wildman–Crippen LogP) is 3.17. The Morgan fingerprint density at radius 3 is 2.50 bits per heavy atom. The lowest BCUT2D eigenvalue weighted by atomic mass is 10.00. The van der Waals surface area contributed by atoms with Gasteiger partial charge in [-0.2, -0.15) is 4.31 Å². The highest BCUT2D eigenvalue weighted by molar-refractivity contribution is 7.89. The normalized spacial score (nSPS) is 18.0. The van der Waals surface area contributed by atoms with E-state index in [1.165, 1.54) is 11.1 Å². The summed E-state index contributed by atoms with van der Waals surface area (Å²) in [6.45, 7) is 4.89. The van der Waals surface area contributed by atoms with Crippen LogP contribution in [0.25, 0.3) is 0 Å². The molecule has 2 aromatic rings. The molecule has 0 aliphatic carbocycles. The molecule has 0 bridgehead atoms. The molecule has 2 aliphatic rings. The summed E-state index contributed by atoms with van der Waals surface area (Å²) in [7, 11) is -3.53. The Hall–Kier alpha value is -2.22. The lowest BCUT2D eigenvalue weighted by molar-refractivity contribution is -0.117. The van der Waals surface area contributed by atoms with Crippen molar-refractivity contribution >= 4 is 21.6 Å². The van der Waals surface area contributed by atoms with Crippen molar-refractivity contribution < 1.29 is 13.2 Å². The van der Waals surface area contributed by atoms with Gasteiger partial charge in [-0.3, -0.25) is 9.69 Å². The number of sulfonamides is 1. The van der Waals surface area contributed by atoms with Crippen LogP contribution in [0, 0.1) is 6.92 Å². The smallest absolute Gasteiger partial charge is 0.243 e. The summed E-state index contributed by atoms with van der Waals surface area (Å²) in [5, 5.41) is 2.93. The molecule has 160 valence electrons. The maximum atomic E-state index is 13.0. The number of hydrogen-bond acceptors (Lipinski definition) is 4. The fraction of sp³-hybridized carbons (Fsp3) is 0.435. The van der Waals surface area contributed by atoms with Crippen molar-refractivity contribution in [3.63, 3.8) is 0 Å². The minimum atomic E-state index is -3.53. The van der Waals surface area contributed by atoms with Crippen LogP contribution in [0.5, 0.6) is 0 Å². The number of anilines is 1. The average Bonchev–Trinajstić information content (AvgIpc) is 2.75. The molecule has 7 heteroatoms. The third-order valence-electron chi connectivity index (χ3n) is 6.01. The predicted molar refractivity (Wildman–Crippen MR) is 118 cm³/mol. The van der Waals surface area contributed by atoms with Gasteiger partial charge in [0, 0.05) is 31.9 Å². The van der Waals surface area contributed by atoms with E-state index in [0.29, 0.717) is 18.8 Å². The number of rotatable bonds is 5. The van der Waals surface area contributed by atoms with Crippen LogP contribution < -0.4 is 5.32 Å². The van der Waals surface area contributed by atoms with Gasteiger partial charge in [0.2, 0.25) is 15.9 Å². The number of amides is 1. The Bertz CT molecular complexity index is 1030. The molecule has 1 fully saturated rings. The molecule has 1 N–H and O–H groups in total. The van der Waals surface area contributed by atoms with Crippen LogP contribution in [-0.2, 0) is 27.8 Å². The molecular formula is C23H29N3O3S. The van der Waals surface area contributed by atoms with Crippen molar-refractivity contribution in [1.82, 2.24) is 9.21 Å².